The fourth-order valence-corrected chi connectivity index (χ4v) is 1.70. The van der Waals surface area contributed by atoms with E-state index in [0.29, 0.717) is 0 Å². The van der Waals surface area contributed by atoms with Crippen molar-refractivity contribution in [1.82, 2.24) is 0 Å². The topological polar surface area (TPSA) is 116 Å². The molecule has 0 bridgehead atoms. The predicted molar refractivity (Wildman–Crippen MR) is 85.0 cm³/mol. The summed E-state index contributed by atoms with van der Waals surface area (Å²) in [7, 11) is 0. The third-order valence-electron chi connectivity index (χ3n) is 2.88. The van der Waals surface area contributed by atoms with Gasteiger partial charge in [0.1, 0.15) is 6.61 Å². The van der Waals surface area contributed by atoms with Gasteiger partial charge in [0.15, 0.2) is 0 Å². The summed E-state index contributed by atoms with van der Waals surface area (Å²) in [5, 5.41) is 9.00. The van der Waals surface area contributed by atoms with Crippen LogP contribution in [0.3, 0.4) is 0 Å². The molecular formula is C17H18O8. The molecule has 25 heavy (non-hydrogen) atoms. The second-order valence-corrected chi connectivity index (χ2v) is 4.68. The number of carbonyl (C=O) groups excluding carboxylic acids is 3. The molecule has 0 saturated heterocycles. The minimum absolute atomic E-state index is 0.0160. The van der Waals surface area contributed by atoms with Gasteiger partial charge in [-0.2, -0.15) is 0 Å². The molecule has 0 amide bonds. The standard InChI is InChI=1S/C17H18O8/c1-2-14(18)24-11-8-15(19)23-9-5-10-25-17(22)13-7-4-3-6-12(13)16(20)21/h2-4,6-7H,1,5,8-11H2,(H,20,21). The lowest BCUT2D eigenvalue weighted by Crippen LogP contribution is -2.14. The fraction of sp³-hybridized carbons (Fsp3) is 0.294. The van der Waals surface area contributed by atoms with Crippen LogP contribution in [0.25, 0.3) is 0 Å². The monoisotopic (exact) mass is 350 g/mol. The molecule has 8 heteroatoms. The molecule has 0 aliphatic carbocycles. The Labute approximate surface area is 144 Å². The maximum Gasteiger partial charge on any atom is 0.339 e. The van der Waals surface area contributed by atoms with Crippen LogP contribution in [-0.2, 0) is 23.8 Å². The summed E-state index contributed by atoms with van der Waals surface area (Å²) < 4.78 is 14.4. The summed E-state index contributed by atoms with van der Waals surface area (Å²) in [5.74, 6) is -3.17. The summed E-state index contributed by atoms with van der Waals surface area (Å²) >= 11 is 0. The molecule has 1 aromatic carbocycles. The second-order valence-electron chi connectivity index (χ2n) is 4.68. The number of carboxylic acids is 1. The first-order valence-electron chi connectivity index (χ1n) is 7.40. The molecule has 1 rings (SSSR count). The molecule has 0 spiro atoms. The van der Waals surface area contributed by atoms with E-state index >= 15 is 0 Å². The van der Waals surface area contributed by atoms with E-state index in [1.54, 1.807) is 0 Å². The minimum atomic E-state index is -1.22. The SMILES string of the molecule is C=CC(=O)OCCC(=O)OCCCOC(=O)c1ccccc1C(=O)O. The van der Waals surface area contributed by atoms with Crippen LogP contribution in [-0.4, -0.2) is 48.8 Å². The maximum absolute atomic E-state index is 11.9. The van der Waals surface area contributed by atoms with Crippen molar-refractivity contribution in [1.29, 1.82) is 0 Å². The van der Waals surface area contributed by atoms with Gasteiger partial charge in [-0.05, 0) is 12.1 Å². The summed E-state index contributed by atoms with van der Waals surface area (Å²) in [5.41, 5.74) is -0.191. The molecule has 1 aromatic rings. The van der Waals surface area contributed by atoms with Crippen LogP contribution in [0.1, 0.15) is 33.6 Å². The summed E-state index contributed by atoms with van der Waals surface area (Å²) in [4.78, 5) is 45.0. The number of benzene rings is 1. The molecule has 134 valence electrons. The van der Waals surface area contributed by atoms with Crippen molar-refractivity contribution in [2.75, 3.05) is 19.8 Å². The van der Waals surface area contributed by atoms with Crippen molar-refractivity contribution in [3.05, 3.63) is 48.0 Å². The zero-order valence-corrected chi connectivity index (χ0v) is 13.4. The van der Waals surface area contributed by atoms with Gasteiger partial charge in [0.2, 0.25) is 0 Å². The Morgan fingerprint density at radius 2 is 1.60 bits per heavy atom. The Morgan fingerprint density at radius 1 is 0.960 bits per heavy atom. The third-order valence-corrected chi connectivity index (χ3v) is 2.88. The molecular weight excluding hydrogens is 332 g/mol. The van der Waals surface area contributed by atoms with Gasteiger partial charge in [-0.1, -0.05) is 18.7 Å². The van der Waals surface area contributed by atoms with Gasteiger partial charge in [0.05, 0.1) is 30.8 Å². The number of carbonyl (C=O) groups is 4. The van der Waals surface area contributed by atoms with E-state index in [0.717, 1.165) is 6.08 Å². The van der Waals surface area contributed by atoms with Crippen molar-refractivity contribution in [3.63, 3.8) is 0 Å². The van der Waals surface area contributed by atoms with Crippen molar-refractivity contribution in [3.8, 4) is 0 Å². The van der Waals surface area contributed by atoms with Gasteiger partial charge in [-0.3, -0.25) is 4.79 Å². The predicted octanol–water partition coefficient (Wildman–Crippen LogP) is 1.59. The van der Waals surface area contributed by atoms with Crippen LogP contribution < -0.4 is 0 Å². The van der Waals surface area contributed by atoms with Gasteiger partial charge >= 0.3 is 23.9 Å². The van der Waals surface area contributed by atoms with Gasteiger partial charge in [-0.25, -0.2) is 14.4 Å². The van der Waals surface area contributed by atoms with Crippen molar-refractivity contribution in [2.45, 2.75) is 12.8 Å². The lowest BCUT2D eigenvalue weighted by Gasteiger charge is -2.08. The van der Waals surface area contributed by atoms with E-state index in [-0.39, 0.29) is 43.8 Å². The van der Waals surface area contributed by atoms with Gasteiger partial charge in [-0.15, -0.1) is 0 Å². The van der Waals surface area contributed by atoms with Crippen LogP contribution in [0.5, 0.6) is 0 Å². The third kappa shape index (κ3) is 7.30. The molecule has 0 saturated carbocycles. The van der Waals surface area contributed by atoms with Crippen LogP contribution in [0, 0.1) is 0 Å². The largest absolute Gasteiger partial charge is 0.478 e. The highest BCUT2D eigenvalue weighted by molar-refractivity contribution is 6.02. The molecule has 1 N–H and O–H groups in total. The molecule has 0 aliphatic rings. The Kier molecular flexibility index (Phi) is 8.42. The Hall–Kier alpha value is -3.16. The highest BCUT2D eigenvalue weighted by atomic mass is 16.6. The number of aromatic carboxylic acids is 1. The Balaban J connectivity index is 2.24. The van der Waals surface area contributed by atoms with Crippen molar-refractivity contribution < 1.29 is 38.5 Å². The zero-order chi connectivity index (χ0) is 18.7. The van der Waals surface area contributed by atoms with Crippen LogP contribution >= 0.6 is 0 Å². The molecule has 0 aromatic heterocycles. The zero-order valence-electron chi connectivity index (χ0n) is 13.4. The van der Waals surface area contributed by atoms with Gasteiger partial charge in [0, 0.05) is 12.5 Å². The number of ether oxygens (including phenoxy) is 3. The van der Waals surface area contributed by atoms with Gasteiger partial charge in [0.25, 0.3) is 0 Å². The van der Waals surface area contributed by atoms with Crippen molar-refractivity contribution >= 4 is 23.9 Å². The van der Waals surface area contributed by atoms with E-state index in [1.807, 2.05) is 0 Å². The summed E-state index contributed by atoms with van der Waals surface area (Å²) in [6.45, 7) is 3.09. The van der Waals surface area contributed by atoms with Crippen LogP contribution in [0.15, 0.2) is 36.9 Å². The minimum Gasteiger partial charge on any atom is -0.478 e. The smallest absolute Gasteiger partial charge is 0.339 e. The molecule has 8 nitrogen and oxygen atoms in total. The van der Waals surface area contributed by atoms with E-state index in [1.165, 1.54) is 24.3 Å². The second kappa shape index (κ2) is 10.6. The van der Waals surface area contributed by atoms with E-state index in [4.69, 9.17) is 14.6 Å². The Morgan fingerprint density at radius 3 is 2.24 bits per heavy atom. The highest BCUT2D eigenvalue weighted by Gasteiger charge is 2.16. The summed E-state index contributed by atoms with van der Waals surface area (Å²) in [6, 6.07) is 5.70. The normalized spacial score (nSPS) is 9.76. The number of esters is 3. The molecule has 0 heterocycles. The van der Waals surface area contributed by atoms with Crippen LogP contribution in [0.2, 0.25) is 0 Å². The molecule has 0 unspecified atom stereocenters. The van der Waals surface area contributed by atoms with Crippen LogP contribution in [0.4, 0.5) is 0 Å². The van der Waals surface area contributed by atoms with E-state index in [2.05, 4.69) is 11.3 Å². The number of hydrogen-bond acceptors (Lipinski definition) is 7. The van der Waals surface area contributed by atoms with Gasteiger partial charge < -0.3 is 19.3 Å². The van der Waals surface area contributed by atoms with Crippen molar-refractivity contribution in [2.24, 2.45) is 0 Å². The Bertz CT molecular complexity index is 650. The maximum atomic E-state index is 11.9. The average Bonchev–Trinajstić information content (AvgIpc) is 2.60. The molecule has 0 radical (unpaired) electrons. The fourth-order valence-electron chi connectivity index (χ4n) is 1.70. The average molecular weight is 350 g/mol. The first-order valence-corrected chi connectivity index (χ1v) is 7.40. The summed E-state index contributed by atoms with van der Waals surface area (Å²) in [6.07, 6.45) is 1.15. The number of carboxylic acid groups (broad SMARTS) is 1. The molecule has 0 aliphatic heterocycles. The number of hydrogen-bond donors (Lipinski definition) is 1. The lowest BCUT2D eigenvalue weighted by atomic mass is 10.1. The quantitative estimate of drug-likeness (QED) is 0.293. The molecule has 0 fully saturated rings. The first-order chi connectivity index (χ1) is 12.0. The van der Waals surface area contributed by atoms with E-state index in [9.17, 15) is 19.2 Å². The highest BCUT2D eigenvalue weighted by Crippen LogP contribution is 2.10. The lowest BCUT2D eigenvalue weighted by molar-refractivity contribution is -0.147. The number of rotatable bonds is 10. The molecule has 0 atom stereocenters. The first kappa shape index (κ1) is 19.9. The van der Waals surface area contributed by atoms with E-state index < -0.39 is 23.9 Å².